The highest BCUT2D eigenvalue weighted by Gasteiger charge is 2.18. The highest BCUT2D eigenvalue weighted by atomic mass is 16.3. The van der Waals surface area contributed by atoms with Crippen LogP contribution in [0.1, 0.15) is 27.0 Å². The first-order chi connectivity index (χ1) is 10.1. The molecule has 0 spiro atoms. The van der Waals surface area contributed by atoms with Gasteiger partial charge in [0.05, 0.1) is 5.56 Å². The molecule has 106 valence electrons. The van der Waals surface area contributed by atoms with Crippen LogP contribution < -0.4 is 5.56 Å². The molecular formula is C16H14N2O3. The van der Waals surface area contributed by atoms with Crippen molar-refractivity contribution in [3.8, 4) is 11.9 Å². The Hall–Kier alpha value is -2.87. The second kappa shape index (κ2) is 6.06. The number of aldehydes is 1. The smallest absolute Gasteiger partial charge is 0.271 e. The Labute approximate surface area is 121 Å². The molecule has 0 radical (unpaired) electrons. The van der Waals surface area contributed by atoms with Crippen molar-refractivity contribution < 1.29 is 9.90 Å². The second-order valence-electron chi connectivity index (χ2n) is 4.66. The number of hydrogen-bond acceptors (Lipinski definition) is 4. The largest absolute Gasteiger partial charge is 0.494 e. The predicted molar refractivity (Wildman–Crippen MR) is 77.4 cm³/mol. The molecule has 2 aromatic rings. The number of aromatic nitrogens is 1. The Morgan fingerprint density at radius 1 is 1.33 bits per heavy atom. The van der Waals surface area contributed by atoms with Gasteiger partial charge in [-0.2, -0.15) is 5.26 Å². The van der Waals surface area contributed by atoms with E-state index in [0.29, 0.717) is 12.7 Å². The van der Waals surface area contributed by atoms with Gasteiger partial charge in [-0.25, -0.2) is 0 Å². The SMILES string of the molecule is Cc1c(C=O)c(O)n(CCc2ccccc2)c(=O)c1C#N. The van der Waals surface area contributed by atoms with E-state index in [2.05, 4.69) is 0 Å². The highest BCUT2D eigenvalue weighted by Crippen LogP contribution is 2.19. The van der Waals surface area contributed by atoms with Crippen molar-refractivity contribution >= 4 is 6.29 Å². The summed E-state index contributed by atoms with van der Waals surface area (Å²) in [5.41, 5.74) is 0.512. The molecule has 0 aliphatic carbocycles. The van der Waals surface area contributed by atoms with Gasteiger partial charge in [-0.05, 0) is 24.5 Å². The third kappa shape index (κ3) is 2.70. The van der Waals surface area contributed by atoms with Crippen LogP contribution in [0.25, 0.3) is 0 Å². The van der Waals surface area contributed by atoms with Crippen molar-refractivity contribution in [3.05, 3.63) is 62.9 Å². The third-order valence-corrected chi connectivity index (χ3v) is 3.43. The summed E-state index contributed by atoms with van der Waals surface area (Å²) in [5.74, 6) is -0.387. The average Bonchev–Trinajstić information content (AvgIpc) is 2.49. The fraction of sp³-hybridized carbons (Fsp3) is 0.188. The van der Waals surface area contributed by atoms with E-state index in [1.807, 2.05) is 30.3 Å². The van der Waals surface area contributed by atoms with Crippen LogP contribution in [-0.4, -0.2) is 16.0 Å². The van der Waals surface area contributed by atoms with E-state index in [9.17, 15) is 14.7 Å². The number of pyridine rings is 1. The standard InChI is InChI=1S/C16H14N2O3/c1-11-13(9-17)15(20)18(16(21)14(11)10-19)8-7-12-5-3-2-4-6-12/h2-6,10,21H,7-8H2,1H3. The van der Waals surface area contributed by atoms with Crippen LogP contribution >= 0.6 is 0 Å². The summed E-state index contributed by atoms with van der Waals surface area (Å²) < 4.78 is 1.07. The zero-order valence-corrected chi connectivity index (χ0v) is 11.5. The molecule has 0 saturated heterocycles. The van der Waals surface area contributed by atoms with Gasteiger partial charge in [0.15, 0.2) is 6.29 Å². The molecule has 5 heteroatoms. The number of carbonyl (C=O) groups is 1. The molecule has 0 aliphatic rings. The maximum atomic E-state index is 12.2. The highest BCUT2D eigenvalue weighted by molar-refractivity contribution is 5.81. The zero-order chi connectivity index (χ0) is 15.4. The van der Waals surface area contributed by atoms with Crippen molar-refractivity contribution in [1.82, 2.24) is 4.57 Å². The minimum Gasteiger partial charge on any atom is -0.494 e. The van der Waals surface area contributed by atoms with Crippen molar-refractivity contribution in [3.63, 3.8) is 0 Å². The molecular weight excluding hydrogens is 268 g/mol. The molecule has 1 aromatic heterocycles. The van der Waals surface area contributed by atoms with Crippen LogP contribution in [0.15, 0.2) is 35.1 Å². The lowest BCUT2D eigenvalue weighted by atomic mass is 10.1. The van der Waals surface area contributed by atoms with E-state index in [0.717, 1.165) is 10.1 Å². The average molecular weight is 282 g/mol. The van der Waals surface area contributed by atoms with Gasteiger partial charge in [0, 0.05) is 6.54 Å². The van der Waals surface area contributed by atoms with Crippen LogP contribution in [0.4, 0.5) is 0 Å². The molecule has 1 N–H and O–H groups in total. The van der Waals surface area contributed by atoms with Gasteiger partial charge in [-0.1, -0.05) is 30.3 Å². The van der Waals surface area contributed by atoms with Crippen molar-refractivity contribution in [2.75, 3.05) is 0 Å². The number of carbonyl (C=O) groups excluding carboxylic acids is 1. The first-order valence-corrected chi connectivity index (χ1v) is 6.45. The Morgan fingerprint density at radius 2 is 2.00 bits per heavy atom. The van der Waals surface area contributed by atoms with Crippen molar-refractivity contribution in [2.24, 2.45) is 0 Å². The van der Waals surface area contributed by atoms with Gasteiger partial charge in [0.2, 0.25) is 5.88 Å². The second-order valence-corrected chi connectivity index (χ2v) is 4.66. The van der Waals surface area contributed by atoms with E-state index in [1.54, 1.807) is 6.07 Å². The number of aromatic hydroxyl groups is 1. The third-order valence-electron chi connectivity index (χ3n) is 3.43. The molecule has 1 heterocycles. The van der Waals surface area contributed by atoms with Crippen LogP contribution in [0, 0.1) is 18.3 Å². The molecule has 0 saturated carbocycles. The van der Waals surface area contributed by atoms with E-state index in [1.165, 1.54) is 6.92 Å². The molecule has 0 atom stereocenters. The fourth-order valence-corrected chi connectivity index (χ4v) is 2.21. The van der Waals surface area contributed by atoms with Gasteiger partial charge in [-0.3, -0.25) is 14.2 Å². The lowest BCUT2D eigenvalue weighted by Crippen LogP contribution is -2.26. The maximum Gasteiger partial charge on any atom is 0.271 e. The van der Waals surface area contributed by atoms with Crippen molar-refractivity contribution in [2.45, 2.75) is 19.9 Å². The minimum absolute atomic E-state index is 0.0146. The van der Waals surface area contributed by atoms with Gasteiger partial charge < -0.3 is 5.11 Å². The maximum absolute atomic E-state index is 12.2. The van der Waals surface area contributed by atoms with Crippen LogP contribution in [0.2, 0.25) is 0 Å². The fourth-order valence-electron chi connectivity index (χ4n) is 2.21. The lowest BCUT2D eigenvalue weighted by molar-refractivity contribution is 0.111. The predicted octanol–water partition coefficient (Wildman–Crippen LogP) is 1.79. The topological polar surface area (TPSA) is 83.1 Å². The molecule has 1 aromatic carbocycles. The number of benzene rings is 1. The summed E-state index contributed by atoms with van der Waals surface area (Å²) in [6.45, 7) is 1.68. The van der Waals surface area contributed by atoms with Crippen LogP contribution in [0.5, 0.6) is 5.88 Å². The van der Waals surface area contributed by atoms with E-state index in [4.69, 9.17) is 5.26 Å². The molecule has 2 rings (SSSR count). The minimum atomic E-state index is -0.575. The number of aryl methyl sites for hydroxylation is 1. The normalized spacial score (nSPS) is 10.1. The van der Waals surface area contributed by atoms with E-state index < -0.39 is 5.56 Å². The Balaban J connectivity index is 2.47. The first kappa shape index (κ1) is 14.5. The number of nitrogens with zero attached hydrogens (tertiary/aromatic N) is 2. The molecule has 0 amide bonds. The van der Waals surface area contributed by atoms with Gasteiger partial charge in [0.1, 0.15) is 11.6 Å². The van der Waals surface area contributed by atoms with Gasteiger partial charge in [-0.15, -0.1) is 0 Å². The summed E-state index contributed by atoms with van der Waals surface area (Å²) in [7, 11) is 0. The molecule has 0 bridgehead atoms. The Kier molecular flexibility index (Phi) is 4.19. The first-order valence-electron chi connectivity index (χ1n) is 6.45. The summed E-state index contributed by atoms with van der Waals surface area (Å²) in [5, 5.41) is 19.1. The molecule has 5 nitrogen and oxygen atoms in total. The number of hydrogen-bond donors (Lipinski definition) is 1. The Bertz CT molecular complexity index is 771. The number of nitriles is 1. The summed E-state index contributed by atoms with van der Waals surface area (Å²) >= 11 is 0. The molecule has 0 unspecified atom stereocenters. The monoisotopic (exact) mass is 282 g/mol. The van der Waals surface area contributed by atoms with Crippen molar-refractivity contribution in [1.29, 1.82) is 5.26 Å². The summed E-state index contributed by atoms with van der Waals surface area (Å²) in [6.07, 6.45) is 0.977. The quantitative estimate of drug-likeness (QED) is 0.866. The zero-order valence-electron chi connectivity index (χ0n) is 11.5. The lowest BCUT2D eigenvalue weighted by Gasteiger charge is -2.13. The molecule has 0 aliphatic heterocycles. The number of rotatable bonds is 4. The summed E-state index contributed by atoms with van der Waals surface area (Å²) in [6, 6.07) is 11.3. The summed E-state index contributed by atoms with van der Waals surface area (Å²) in [4.78, 5) is 23.3. The van der Waals surface area contributed by atoms with Gasteiger partial charge in [0.25, 0.3) is 5.56 Å². The van der Waals surface area contributed by atoms with E-state index >= 15 is 0 Å². The van der Waals surface area contributed by atoms with Crippen LogP contribution in [0.3, 0.4) is 0 Å². The molecule has 0 fully saturated rings. The molecule has 21 heavy (non-hydrogen) atoms. The van der Waals surface area contributed by atoms with Gasteiger partial charge >= 0.3 is 0 Å². The Morgan fingerprint density at radius 3 is 2.57 bits per heavy atom. The van der Waals surface area contributed by atoms with Crippen LogP contribution in [-0.2, 0) is 13.0 Å². The van der Waals surface area contributed by atoms with E-state index in [-0.39, 0.29) is 29.1 Å².